The van der Waals surface area contributed by atoms with Gasteiger partial charge in [0, 0.05) is 16.2 Å². The summed E-state index contributed by atoms with van der Waals surface area (Å²) in [5.74, 6) is 1.00. The molecule has 0 spiro atoms. The number of benzene rings is 2. The first-order valence-corrected chi connectivity index (χ1v) is 11.7. The van der Waals surface area contributed by atoms with E-state index in [4.69, 9.17) is 4.74 Å². The van der Waals surface area contributed by atoms with Crippen LogP contribution in [-0.2, 0) is 10.8 Å². The second-order valence-electron chi connectivity index (χ2n) is 7.86. The average Bonchev–Trinajstić information content (AvgIpc) is 2.86. The third-order valence-corrected chi connectivity index (χ3v) is 7.60. The van der Waals surface area contributed by atoms with E-state index in [1.165, 1.54) is 6.92 Å². The van der Waals surface area contributed by atoms with E-state index in [1.807, 2.05) is 24.3 Å². The molecule has 1 N–H and O–H groups in total. The predicted molar refractivity (Wildman–Crippen MR) is 118 cm³/mol. The normalized spacial score (nSPS) is 23.9. The van der Waals surface area contributed by atoms with Crippen LogP contribution in [-0.4, -0.2) is 28.4 Å². The van der Waals surface area contributed by atoms with Gasteiger partial charge >= 0.3 is 0 Å². The molecular weight excluding hydrogens is 382 g/mol. The smallest absolute Gasteiger partial charge is 0.163 e. The minimum atomic E-state index is -1.21. The molecule has 5 heteroatoms. The van der Waals surface area contributed by atoms with Crippen LogP contribution in [0.25, 0.3) is 0 Å². The van der Waals surface area contributed by atoms with Crippen molar-refractivity contribution in [2.45, 2.75) is 62.9 Å². The summed E-state index contributed by atoms with van der Waals surface area (Å²) >= 11 is 0. The lowest BCUT2D eigenvalue weighted by Gasteiger charge is -2.36. The molecule has 0 bridgehead atoms. The Morgan fingerprint density at radius 1 is 1.24 bits per heavy atom. The molecule has 2 aromatic carbocycles. The van der Waals surface area contributed by atoms with Crippen LogP contribution in [0, 0.1) is 0 Å². The lowest BCUT2D eigenvalue weighted by Crippen LogP contribution is -2.49. The van der Waals surface area contributed by atoms with E-state index in [2.05, 4.69) is 31.3 Å². The van der Waals surface area contributed by atoms with Crippen molar-refractivity contribution in [2.75, 3.05) is 12.9 Å². The summed E-state index contributed by atoms with van der Waals surface area (Å²) in [4.78, 5) is 12.9. The Labute approximate surface area is 176 Å². The summed E-state index contributed by atoms with van der Waals surface area (Å²) in [6.07, 6.45) is 4.05. The first kappa shape index (κ1) is 21.7. The zero-order chi connectivity index (χ0) is 21.0. The first-order chi connectivity index (χ1) is 13.9. The summed E-state index contributed by atoms with van der Waals surface area (Å²) in [5.41, 5.74) is 2.33. The van der Waals surface area contributed by atoms with E-state index in [0.717, 1.165) is 41.7 Å². The van der Waals surface area contributed by atoms with E-state index in [0.29, 0.717) is 17.1 Å². The molecule has 0 amide bonds. The van der Waals surface area contributed by atoms with Gasteiger partial charge in [0.25, 0.3) is 0 Å². The van der Waals surface area contributed by atoms with E-state index in [9.17, 15) is 9.00 Å². The van der Waals surface area contributed by atoms with Crippen LogP contribution in [0.1, 0.15) is 74.0 Å². The number of rotatable bonds is 7. The molecule has 0 aliphatic carbocycles. The molecule has 1 aliphatic heterocycles. The van der Waals surface area contributed by atoms with Gasteiger partial charge in [-0.05, 0) is 43.0 Å². The van der Waals surface area contributed by atoms with Crippen LogP contribution in [0.2, 0.25) is 0 Å². The van der Waals surface area contributed by atoms with Crippen molar-refractivity contribution in [2.24, 2.45) is 0 Å². The van der Waals surface area contributed by atoms with Crippen molar-refractivity contribution in [3.8, 4) is 5.75 Å². The number of ether oxygens (including phenoxy) is 1. The van der Waals surface area contributed by atoms with Crippen molar-refractivity contribution >= 4 is 16.6 Å². The summed E-state index contributed by atoms with van der Waals surface area (Å²) < 4.78 is 19.0. The maximum atomic E-state index is 13.5. The van der Waals surface area contributed by atoms with Gasteiger partial charge < -0.3 is 4.74 Å². The van der Waals surface area contributed by atoms with Crippen LogP contribution in [0.15, 0.2) is 47.4 Å². The van der Waals surface area contributed by atoms with Crippen molar-refractivity contribution in [3.63, 3.8) is 0 Å². The molecular formula is C24H31NO3S. The molecule has 1 aliphatic rings. The summed E-state index contributed by atoms with van der Waals surface area (Å²) in [6.45, 7) is 5.87. The monoisotopic (exact) mass is 413 g/mol. The minimum absolute atomic E-state index is 0.0807. The third-order valence-electron chi connectivity index (χ3n) is 5.94. The molecule has 156 valence electrons. The molecule has 1 heterocycles. The average molecular weight is 414 g/mol. The Hall–Kier alpha value is -1.98. The highest BCUT2D eigenvalue weighted by Crippen LogP contribution is 2.39. The highest BCUT2D eigenvalue weighted by Gasteiger charge is 2.38. The van der Waals surface area contributed by atoms with Crippen molar-refractivity contribution in [1.29, 1.82) is 0 Å². The predicted octanol–water partition coefficient (Wildman–Crippen LogP) is 5.04. The van der Waals surface area contributed by atoms with Crippen LogP contribution in [0.4, 0.5) is 0 Å². The molecule has 3 rings (SSSR count). The highest BCUT2D eigenvalue weighted by molar-refractivity contribution is 7.85. The number of nitrogens with one attached hydrogen (secondary N) is 1. The molecule has 2 aromatic rings. The number of carbonyl (C=O) groups excluding carboxylic acids is 1. The zero-order valence-electron chi connectivity index (χ0n) is 17.8. The second-order valence-corrected chi connectivity index (χ2v) is 9.28. The molecule has 0 fully saturated rings. The molecule has 3 atom stereocenters. The summed E-state index contributed by atoms with van der Waals surface area (Å²) in [5, 5.41) is 3.88. The fourth-order valence-electron chi connectivity index (χ4n) is 4.15. The topological polar surface area (TPSA) is 55.4 Å². The van der Waals surface area contributed by atoms with Gasteiger partial charge in [-0.1, -0.05) is 57.0 Å². The first-order valence-electron chi connectivity index (χ1n) is 10.4. The van der Waals surface area contributed by atoms with Crippen molar-refractivity contribution in [1.82, 2.24) is 5.32 Å². The molecule has 4 nitrogen and oxygen atoms in total. The van der Waals surface area contributed by atoms with E-state index < -0.39 is 10.8 Å². The van der Waals surface area contributed by atoms with Crippen molar-refractivity contribution < 1.29 is 13.7 Å². The number of carbonyl (C=O) groups is 1. The molecule has 1 unspecified atom stereocenters. The zero-order valence-corrected chi connectivity index (χ0v) is 18.6. The largest absolute Gasteiger partial charge is 0.496 e. The second kappa shape index (κ2) is 9.23. The fraction of sp³-hybridized carbons (Fsp3) is 0.458. The van der Waals surface area contributed by atoms with E-state index >= 15 is 0 Å². The van der Waals surface area contributed by atoms with Crippen LogP contribution < -0.4 is 10.1 Å². The number of methoxy groups -OCH3 is 1. The lowest BCUT2D eigenvalue weighted by atomic mass is 9.87. The van der Waals surface area contributed by atoms with Crippen LogP contribution in [0.5, 0.6) is 5.75 Å². The maximum Gasteiger partial charge on any atom is 0.163 e. The van der Waals surface area contributed by atoms with Crippen LogP contribution >= 0.6 is 0 Å². The number of fused-ring (bicyclic) bond motifs is 1. The van der Waals surface area contributed by atoms with Gasteiger partial charge in [-0.3, -0.25) is 14.3 Å². The Balaban J connectivity index is 2.22. The van der Waals surface area contributed by atoms with Crippen LogP contribution in [0.3, 0.4) is 0 Å². The van der Waals surface area contributed by atoms with E-state index in [1.54, 1.807) is 13.2 Å². The highest BCUT2D eigenvalue weighted by atomic mass is 32.2. The Bertz CT molecular complexity index is 896. The number of Topliss-reactive ketones (excluding diaryl/α,β-unsaturated/α-hetero) is 1. The van der Waals surface area contributed by atoms with Gasteiger partial charge in [0.05, 0.1) is 29.5 Å². The quantitative estimate of drug-likeness (QED) is 0.646. The Morgan fingerprint density at radius 2 is 1.97 bits per heavy atom. The number of hydrogen-bond donors (Lipinski definition) is 1. The standard InChI is InChI=1S/C24H31NO3S/c1-5-7-13-24(6-2)16-29(27)22-15-19(17(3)26)21(28-4)14-20(22)23(25-24)18-11-9-8-10-12-18/h8-12,14-15,23,25H,5-7,13,16H2,1-4H3/t23-,24-,29?/m1/s1. The Kier molecular flexibility index (Phi) is 6.91. The SMILES string of the molecule is CCCC[C@]1(CC)CS(=O)c2cc(C(C)=O)c(OC)cc2[C@@H](c2ccccc2)N1. The maximum absolute atomic E-state index is 13.5. The van der Waals surface area contributed by atoms with Gasteiger partial charge in [-0.15, -0.1) is 0 Å². The van der Waals surface area contributed by atoms with Gasteiger partial charge in [0.15, 0.2) is 5.78 Å². The fourth-order valence-corrected chi connectivity index (χ4v) is 5.92. The van der Waals surface area contributed by atoms with Crippen molar-refractivity contribution in [3.05, 3.63) is 59.2 Å². The summed E-state index contributed by atoms with van der Waals surface area (Å²) in [7, 11) is 0.367. The molecule has 29 heavy (non-hydrogen) atoms. The van der Waals surface area contributed by atoms with Gasteiger partial charge in [-0.2, -0.15) is 0 Å². The van der Waals surface area contributed by atoms with Gasteiger partial charge in [0.1, 0.15) is 5.75 Å². The Morgan fingerprint density at radius 3 is 2.55 bits per heavy atom. The number of ketones is 1. The van der Waals surface area contributed by atoms with E-state index in [-0.39, 0.29) is 17.4 Å². The molecule has 0 aromatic heterocycles. The minimum Gasteiger partial charge on any atom is -0.496 e. The molecule has 0 radical (unpaired) electrons. The summed E-state index contributed by atoms with van der Waals surface area (Å²) in [6, 6.07) is 13.8. The lowest BCUT2D eigenvalue weighted by molar-refractivity contribution is 0.101. The number of hydrogen-bond acceptors (Lipinski definition) is 4. The third kappa shape index (κ3) is 4.46. The van der Waals surface area contributed by atoms with Gasteiger partial charge in [-0.25, -0.2) is 0 Å². The van der Waals surface area contributed by atoms with Gasteiger partial charge in [0.2, 0.25) is 0 Å². The molecule has 0 saturated heterocycles. The molecule has 0 saturated carbocycles. The number of unbranched alkanes of at least 4 members (excludes halogenated alkanes) is 1.